The Labute approximate surface area is 118 Å². The maximum absolute atomic E-state index is 6.07. The number of halogens is 1. The molecule has 1 aliphatic heterocycles. The van der Waals surface area contributed by atoms with Crippen molar-refractivity contribution in [2.75, 3.05) is 5.32 Å². The number of anilines is 2. The van der Waals surface area contributed by atoms with Crippen LogP contribution in [-0.2, 0) is 0 Å². The fourth-order valence-corrected chi connectivity index (χ4v) is 2.46. The smallest absolute Gasteiger partial charge is 0.0882 e. The largest absolute Gasteiger partial charge is 0.353 e. The molecule has 2 nitrogen and oxygen atoms in total. The zero-order valence-electron chi connectivity index (χ0n) is 10.9. The second-order valence-corrected chi connectivity index (χ2v) is 5.42. The van der Waals surface area contributed by atoms with Crippen LogP contribution in [0, 0.1) is 5.92 Å². The molecular weight excluding hydrogens is 256 g/mol. The highest BCUT2D eigenvalue weighted by atomic mass is 35.5. The molecule has 0 fully saturated rings. The van der Waals surface area contributed by atoms with E-state index in [0.29, 0.717) is 10.9 Å². The lowest BCUT2D eigenvalue weighted by atomic mass is 9.98. The lowest BCUT2D eigenvalue weighted by molar-refractivity contribution is 0.886. The van der Waals surface area contributed by atoms with E-state index >= 15 is 0 Å². The van der Waals surface area contributed by atoms with E-state index in [4.69, 9.17) is 16.6 Å². The van der Waals surface area contributed by atoms with Crippen LogP contribution in [0.4, 0.5) is 17.1 Å². The van der Waals surface area contributed by atoms with Gasteiger partial charge in [0, 0.05) is 16.3 Å². The number of hydrogen-bond donors (Lipinski definition) is 1. The summed E-state index contributed by atoms with van der Waals surface area (Å²) in [5.41, 5.74) is 5.23. The minimum atomic E-state index is 0.355. The van der Waals surface area contributed by atoms with Crippen molar-refractivity contribution in [1.29, 1.82) is 0 Å². The van der Waals surface area contributed by atoms with Gasteiger partial charge in [-0.3, -0.25) is 4.99 Å². The summed E-state index contributed by atoms with van der Waals surface area (Å²) in [6.45, 7) is 4.32. The molecule has 1 aliphatic rings. The number of rotatable bonds is 1. The Balaban J connectivity index is 2.26. The van der Waals surface area contributed by atoms with Gasteiger partial charge >= 0.3 is 0 Å². The molecule has 0 saturated heterocycles. The molecular formula is C16H15ClN2. The Morgan fingerprint density at radius 3 is 2.63 bits per heavy atom. The van der Waals surface area contributed by atoms with Crippen LogP contribution in [0.5, 0.6) is 0 Å². The molecule has 19 heavy (non-hydrogen) atoms. The van der Waals surface area contributed by atoms with Crippen LogP contribution in [-0.4, -0.2) is 5.71 Å². The number of nitrogens with zero attached hydrogens (tertiary/aromatic N) is 1. The van der Waals surface area contributed by atoms with Gasteiger partial charge in [0.05, 0.1) is 17.1 Å². The summed E-state index contributed by atoms with van der Waals surface area (Å²) in [5.74, 6) is 0.355. The Hall–Kier alpha value is -1.80. The van der Waals surface area contributed by atoms with E-state index in [1.54, 1.807) is 0 Å². The molecule has 0 aliphatic carbocycles. The van der Waals surface area contributed by atoms with Gasteiger partial charge in [0.1, 0.15) is 0 Å². The first-order chi connectivity index (χ1) is 9.15. The van der Waals surface area contributed by atoms with Crippen LogP contribution in [0.25, 0.3) is 0 Å². The second-order valence-electron chi connectivity index (χ2n) is 4.98. The Bertz CT molecular complexity index is 660. The van der Waals surface area contributed by atoms with Gasteiger partial charge in [-0.2, -0.15) is 0 Å². The van der Waals surface area contributed by atoms with E-state index in [2.05, 4.69) is 31.3 Å². The zero-order chi connectivity index (χ0) is 13.4. The molecule has 0 radical (unpaired) electrons. The predicted octanol–water partition coefficient (Wildman–Crippen LogP) is 5.17. The van der Waals surface area contributed by atoms with Gasteiger partial charge in [0.2, 0.25) is 0 Å². The molecule has 2 aromatic rings. The first-order valence-electron chi connectivity index (χ1n) is 6.39. The summed E-state index contributed by atoms with van der Waals surface area (Å²) >= 11 is 6.07. The fourth-order valence-electron chi connectivity index (χ4n) is 2.29. The lowest BCUT2D eigenvalue weighted by Gasteiger charge is -2.12. The third-order valence-electron chi connectivity index (χ3n) is 3.22. The van der Waals surface area contributed by atoms with Crippen molar-refractivity contribution in [1.82, 2.24) is 0 Å². The third-order valence-corrected chi connectivity index (χ3v) is 3.46. The highest BCUT2D eigenvalue weighted by Gasteiger charge is 2.18. The van der Waals surface area contributed by atoms with Crippen molar-refractivity contribution < 1.29 is 0 Å². The zero-order valence-corrected chi connectivity index (χ0v) is 11.7. The molecule has 0 spiro atoms. The molecule has 3 rings (SSSR count). The van der Waals surface area contributed by atoms with Crippen LogP contribution in [0.1, 0.15) is 19.4 Å². The average molecular weight is 271 g/mol. The second kappa shape index (κ2) is 4.71. The summed E-state index contributed by atoms with van der Waals surface area (Å²) in [7, 11) is 0. The number of fused-ring (bicyclic) bond motifs is 2. The topological polar surface area (TPSA) is 24.4 Å². The quantitative estimate of drug-likeness (QED) is 0.759. The van der Waals surface area contributed by atoms with E-state index in [-0.39, 0.29) is 0 Å². The monoisotopic (exact) mass is 270 g/mol. The van der Waals surface area contributed by atoms with Gasteiger partial charge in [-0.25, -0.2) is 0 Å². The normalized spacial score (nSPS) is 13.2. The molecule has 3 heteroatoms. The van der Waals surface area contributed by atoms with Gasteiger partial charge in [0.15, 0.2) is 0 Å². The van der Waals surface area contributed by atoms with Crippen molar-refractivity contribution >= 4 is 34.4 Å². The number of nitrogens with one attached hydrogen (secondary N) is 1. The van der Waals surface area contributed by atoms with Crippen molar-refractivity contribution in [3.05, 3.63) is 53.1 Å². The highest BCUT2D eigenvalue weighted by molar-refractivity contribution is 6.31. The Kier molecular flexibility index (Phi) is 3.03. The molecule has 0 bridgehead atoms. The first-order valence-corrected chi connectivity index (χ1v) is 6.77. The summed E-state index contributed by atoms with van der Waals surface area (Å²) in [6, 6.07) is 14.0. The lowest BCUT2D eigenvalue weighted by Crippen LogP contribution is -2.09. The van der Waals surface area contributed by atoms with E-state index in [1.165, 1.54) is 0 Å². The maximum atomic E-state index is 6.07. The van der Waals surface area contributed by atoms with Gasteiger partial charge in [-0.05, 0) is 30.2 Å². The van der Waals surface area contributed by atoms with Gasteiger partial charge in [-0.1, -0.05) is 43.6 Å². The van der Waals surface area contributed by atoms with Crippen LogP contribution in [0.2, 0.25) is 5.02 Å². The molecule has 0 aromatic heterocycles. The van der Waals surface area contributed by atoms with Crippen molar-refractivity contribution in [3.8, 4) is 0 Å². The summed E-state index contributed by atoms with van der Waals surface area (Å²) in [4.78, 5) is 4.81. The number of aliphatic imine (C=N–C) groups is 1. The van der Waals surface area contributed by atoms with Gasteiger partial charge < -0.3 is 5.32 Å². The minimum absolute atomic E-state index is 0.355. The maximum Gasteiger partial charge on any atom is 0.0882 e. The Morgan fingerprint density at radius 1 is 1.05 bits per heavy atom. The van der Waals surface area contributed by atoms with E-state index in [9.17, 15) is 0 Å². The summed E-state index contributed by atoms with van der Waals surface area (Å²) < 4.78 is 0. The fraction of sp³-hybridized carbons (Fsp3) is 0.188. The summed E-state index contributed by atoms with van der Waals surface area (Å²) in [6.07, 6.45) is 0. The van der Waals surface area contributed by atoms with E-state index in [0.717, 1.165) is 28.3 Å². The molecule has 2 aromatic carbocycles. The molecule has 1 heterocycles. The Morgan fingerprint density at radius 2 is 1.84 bits per heavy atom. The molecule has 96 valence electrons. The van der Waals surface area contributed by atoms with Crippen LogP contribution in [0.15, 0.2) is 47.5 Å². The third kappa shape index (κ3) is 2.24. The first kappa shape index (κ1) is 12.2. The van der Waals surface area contributed by atoms with Crippen LogP contribution >= 0.6 is 11.6 Å². The van der Waals surface area contributed by atoms with Crippen molar-refractivity contribution in [2.24, 2.45) is 10.9 Å². The van der Waals surface area contributed by atoms with Crippen molar-refractivity contribution in [2.45, 2.75) is 13.8 Å². The van der Waals surface area contributed by atoms with Crippen LogP contribution in [0.3, 0.4) is 0 Å². The molecule has 0 atom stereocenters. The minimum Gasteiger partial charge on any atom is -0.353 e. The standard InChI is InChI=1S/C16H15ClN2/c1-10(2)16-12-5-3-4-6-13(12)18-14-8-7-11(17)9-15(14)19-16/h3-10,18H,1-2H3. The van der Waals surface area contributed by atoms with Gasteiger partial charge in [-0.15, -0.1) is 0 Å². The highest BCUT2D eigenvalue weighted by Crippen LogP contribution is 2.36. The summed E-state index contributed by atoms with van der Waals surface area (Å²) in [5, 5.41) is 4.15. The number of hydrogen-bond acceptors (Lipinski definition) is 2. The van der Waals surface area contributed by atoms with Crippen LogP contribution < -0.4 is 5.32 Å². The SMILES string of the molecule is CC(C)C1=Nc2cc(Cl)ccc2Nc2ccccc21. The molecule has 1 N–H and O–H groups in total. The number of para-hydroxylation sites is 1. The molecule has 0 unspecified atom stereocenters. The molecule has 0 saturated carbocycles. The van der Waals surface area contributed by atoms with Crippen molar-refractivity contribution in [3.63, 3.8) is 0 Å². The average Bonchev–Trinajstić information content (AvgIpc) is 2.55. The van der Waals surface area contributed by atoms with Gasteiger partial charge in [0.25, 0.3) is 0 Å². The van der Waals surface area contributed by atoms with E-state index in [1.807, 2.05) is 30.3 Å². The molecule has 0 amide bonds. The van der Waals surface area contributed by atoms with E-state index < -0.39 is 0 Å². The number of benzene rings is 2. The predicted molar refractivity (Wildman–Crippen MR) is 82.2 cm³/mol.